The molecule has 1 aliphatic rings. The van der Waals surface area contributed by atoms with E-state index >= 15 is 0 Å². The van der Waals surface area contributed by atoms with Gasteiger partial charge in [-0.3, -0.25) is 19.3 Å². The highest BCUT2D eigenvalue weighted by Crippen LogP contribution is 2.25. The van der Waals surface area contributed by atoms with E-state index in [1.165, 1.54) is 19.1 Å². The second-order valence-electron chi connectivity index (χ2n) is 7.30. The van der Waals surface area contributed by atoms with Crippen molar-refractivity contribution in [2.75, 3.05) is 11.9 Å². The van der Waals surface area contributed by atoms with Gasteiger partial charge in [-0.1, -0.05) is 30.3 Å². The molecule has 1 atom stereocenters. The Morgan fingerprint density at radius 3 is 1.97 bits per heavy atom. The first kappa shape index (κ1) is 21.8. The summed E-state index contributed by atoms with van der Waals surface area (Å²) in [5, 5.41) is 2.61. The standard InChI is InChI=1S/C25H20N2O6/c1-16(27-23(29)20-9-5-6-10-21(20)24(27)30)25(31)32-15-22(28)26-17-11-13-19(14-12-17)33-18-7-3-2-4-8-18/h2-14,16H,15H2,1H3,(H,26,28). The predicted molar refractivity (Wildman–Crippen MR) is 119 cm³/mol. The molecule has 0 bridgehead atoms. The highest BCUT2D eigenvalue weighted by molar-refractivity contribution is 6.22. The van der Waals surface area contributed by atoms with Gasteiger partial charge < -0.3 is 14.8 Å². The normalized spacial score (nSPS) is 13.3. The minimum absolute atomic E-state index is 0.236. The van der Waals surface area contributed by atoms with E-state index in [2.05, 4.69) is 5.32 Å². The van der Waals surface area contributed by atoms with Crippen molar-refractivity contribution in [3.05, 3.63) is 90.0 Å². The first-order chi connectivity index (χ1) is 15.9. The van der Waals surface area contributed by atoms with Crippen molar-refractivity contribution in [2.45, 2.75) is 13.0 Å². The zero-order valence-corrected chi connectivity index (χ0v) is 17.7. The van der Waals surface area contributed by atoms with Gasteiger partial charge in [-0.05, 0) is 55.5 Å². The summed E-state index contributed by atoms with van der Waals surface area (Å²) in [6.07, 6.45) is 0. The van der Waals surface area contributed by atoms with Gasteiger partial charge >= 0.3 is 5.97 Å². The summed E-state index contributed by atoms with van der Waals surface area (Å²) in [6.45, 7) is 0.821. The molecule has 0 radical (unpaired) electrons. The number of ether oxygens (including phenoxy) is 2. The second-order valence-corrected chi connectivity index (χ2v) is 7.30. The lowest BCUT2D eigenvalue weighted by molar-refractivity contribution is -0.150. The molecule has 1 aliphatic heterocycles. The Hall–Kier alpha value is -4.46. The van der Waals surface area contributed by atoms with E-state index in [0.717, 1.165) is 4.90 Å². The first-order valence-corrected chi connectivity index (χ1v) is 10.2. The molecule has 0 saturated carbocycles. The molecule has 1 unspecified atom stereocenters. The number of anilines is 1. The van der Waals surface area contributed by atoms with E-state index in [1.54, 1.807) is 36.4 Å². The molecule has 33 heavy (non-hydrogen) atoms. The van der Waals surface area contributed by atoms with Crippen LogP contribution in [0.5, 0.6) is 11.5 Å². The summed E-state index contributed by atoms with van der Waals surface area (Å²) in [4.78, 5) is 50.4. The van der Waals surface area contributed by atoms with Crippen LogP contribution >= 0.6 is 0 Å². The third-order valence-corrected chi connectivity index (χ3v) is 5.02. The van der Waals surface area contributed by atoms with Crippen molar-refractivity contribution in [3.8, 4) is 11.5 Å². The van der Waals surface area contributed by atoms with Gasteiger partial charge in [0.2, 0.25) is 0 Å². The number of benzene rings is 3. The minimum Gasteiger partial charge on any atom is -0.457 e. The fourth-order valence-electron chi connectivity index (χ4n) is 3.35. The van der Waals surface area contributed by atoms with Crippen LogP contribution in [-0.2, 0) is 14.3 Å². The smallest absolute Gasteiger partial charge is 0.329 e. The SMILES string of the molecule is CC(C(=O)OCC(=O)Nc1ccc(Oc2ccccc2)cc1)N1C(=O)c2ccccc2C1=O. The predicted octanol–water partition coefficient (Wildman–Crippen LogP) is 3.65. The molecule has 1 heterocycles. The topological polar surface area (TPSA) is 102 Å². The van der Waals surface area contributed by atoms with Crippen molar-refractivity contribution in [1.29, 1.82) is 0 Å². The van der Waals surface area contributed by atoms with Gasteiger partial charge in [-0.25, -0.2) is 4.79 Å². The maximum atomic E-state index is 12.5. The Balaban J connectivity index is 1.29. The molecule has 0 saturated heterocycles. The quantitative estimate of drug-likeness (QED) is 0.441. The fourth-order valence-corrected chi connectivity index (χ4v) is 3.35. The number of rotatable bonds is 7. The fraction of sp³-hybridized carbons (Fsp3) is 0.120. The van der Waals surface area contributed by atoms with Crippen molar-refractivity contribution in [3.63, 3.8) is 0 Å². The van der Waals surface area contributed by atoms with Crippen LogP contribution in [0.25, 0.3) is 0 Å². The van der Waals surface area contributed by atoms with E-state index < -0.39 is 36.3 Å². The number of imide groups is 1. The molecule has 0 spiro atoms. The van der Waals surface area contributed by atoms with E-state index in [1.807, 2.05) is 30.3 Å². The van der Waals surface area contributed by atoms with Crippen LogP contribution in [0, 0.1) is 0 Å². The van der Waals surface area contributed by atoms with Crippen LogP contribution in [0.1, 0.15) is 27.6 Å². The molecule has 1 N–H and O–H groups in total. The summed E-state index contributed by atoms with van der Waals surface area (Å²) in [7, 11) is 0. The van der Waals surface area contributed by atoms with Crippen molar-refractivity contribution >= 4 is 29.4 Å². The molecular formula is C25H20N2O6. The highest BCUT2D eigenvalue weighted by atomic mass is 16.5. The molecule has 0 aromatic heterocycles. The van der Waals surface area contributed by atoms with E-state index in [0.29, 0.717) is 17.2 Å². The molecule has 8 heteroatoms. The Morgan fingerprint density at radius 1 is 0.818 bits per heavy atom. The minimum atomic E-state index is -1.17. The largest absolute Gasteiger partial charge is 0.457 e. The third kappa shape index (κ3) is 4.74. The Bertz CT molecular complexity index is 1170. The zero-order chi connectivity index (χ0) is 23.4. The average molecular weight is 444 g/mol. The maximum absolute atomic E-state index is 12.5. The summed E-state index contributed by atoms with van der Waals surface area (Å²) < 4.78 is 10.7. The third-order valence-electron chi connectivity index (χ3n) is 5.02. The monoisotopic (exact) mass is 444 g/mol. The lowest BCUT2D eigenvalue weighted by Gasteiger charge is -2.20. The number of amides is 3. The van der Waals surface area contributed by atoms with Crippen LogP contribution in [-0.4, -0.2) is 41.2 Å². The van der Waals surface area contributed by atoms with Gasteiger partial charge in [0.25, 0.3) is 17.7 Å². The van der Waals surface area contributed by atoms with E-state index in [-0.39, 0.29) is 11.1 Å². The number of esters is 1. The number of nitrogens with one attached hydrogen (secondary N) is 1. The van der Waals surface area contributed by atoms with Gasteiger partial charge in [0.1, 0.15) is 17.5 Å². The van der Waals surface area contributed by atoms with Crippen molar-refractivity contribution in [2.24, 2.45) is 0 Å². The number of hydrogen-bond donors (Lipinski definition) is 1. The summed E-state index contributed by atoms with van der Waals surface area (Å²) in [5.74, 6) is -1.26. The Morgan fingerprint density at radius 2 is 1.36 bits per heavy atom. The number of carbonyl (C=O) groups is 4. The van der Waals surface area contributed by atoms with Crippen LogP contribution in [0.15, 0.2) is 78.9 Å². The lowest BCUT2D eigenvalue weighted by Crippen LogP contribution is -2.44. The number of hydrogen-bond acceptors (Lipinski definition) is 6. The highest BCUT2D eigenvalue weighted by Gasteiger charge is 2.41. The van der Waals surface area contributed by atoms with E-state index in [9.17, 15) is 19.2 Å². The molecule has 8 nitrogen and oxygen atoms in total. The number of nitrogens with zero attached hydrogens (tertiary/aromatic N) is 1. The molecule has 3 amide bonds. The van der Waals surface area contributed by atoms with E-state index in [4.69, 9.17) is 9.47 Å². The summed E-state index contributed by atoms with van der Waals surface area (Å²) in [5.41, 5.74) is 0.962. The Kier molecular flexibility index (Phi) is 6.17. The van der Waals surface area contributed by atoms with Crippen molar-refractivity contribution in [1.82, 2.24) is 4.90 Å². The molecular weight excluding hydrogens is 424 g/mol. The number of fused-ring (bicyclic) bond motifs is 1. The Labute approximate surface area is 189 Å². The molecule has 4 rings (SSSR count). The lowest BCUT2D eigenvalue weighted by atomic mass is 10.1. The van der Waals surface area contributed by atoms with Crippen LogP contribution in [0.2, 0.25) is 0 Å². The number of para-hydroxylation sites is 1. The summed E-state index contributed by atoms with van der Waals surface area (Å²) in [6, 6.07) is 21.1. The average Bonchev–Trinajstić information content (AvgIpc) is 3.09. The van der Waals surface area contributed by atoms with Crippen LogP contribution in [0.3, 0.4) is 0 Å². The summed E-state index contributed by atoms with van der Waals surface area (Å²) >= 11 is 0. The molecule has 0 fully saturated rings. The van der Waals surface area contributed by atoms with Gasteiger partial charge in [0.05, 0.1) is 11.1 Å². The second kappa shape index (κ2) is 9.35. The zero-order valence-electron chi connectivity index (χ0n) is 17.7. The van der Waals surface area contributed by atoms with Crippen LogP contribution < -0.4 is 10.1 Å². The molecule has 3 aromatic carbocycles. The van der Waals surface area contributed by atoms with Gasteiger partial charge in [-0.2, -0.15) is 0 Å². The first-order valence-electron chi connectivity index (χ1n) is 10.2. The molecule has 166 valence electrons. The molecule has 3 aromatic rings. The van der Waals surface area contributed by atoms with Gasteiger partial charge in [-0.15, -0.1) is 0 Å². The maximum Gasteiger partial charge on any atom is 0.329 e. The number of carbonyl (C=O) groups excluding carboxylic acids is 4. The van der Waals surface area contributed by atoms with Gasteiger partial charge in [0, 0.05) is 5.69 Å². The van der Waals surface area contributed by atoms with Crippen molar-refractivity contribution < 1.29 is 28.7 Å². The molecule has 0 aliphatic carbocycles. The van der Waals surface area contributed by atoms with Crippen LogP contribution in [0.4, 0.5) is 5.69 Å². The van der Waals surface area contributed by atoms with Gasteiger partial charge in [0.15, 0.2) is 6.61 Å².